The van der Waals surface area contributed by atoms with Crippen molar-refractivity contribution in [3.63, 3.8) is 0 Å². The van der Waals surface area contributed by atoms with Crippen molar-refractivity contribution >= 4 is 21.7 Å². The monoisotopic (exact) mass is 315 g/mol. The maximum Gasteiger partial charge on any atom is 0.246 e. The van der Waals surface area contributed by atoms with E-state index in [1.54, 1.807) is 18.9 Å². The minimum absolute atomic E-state index is 0.0809. The van der Waals surface area contributed by atoms with Crippen LogP contribution in [0, 0.1) is 0 Å². The number of amides is 1. The van der Waals surface area contributed by atoms with Gasteiger partial charge in [0.15, 0.2) is 5.82 Å². The molecule has 1 aliphatic rings. The number of nitrogens with two attached hydrogens (primary N) is 1. The zero-order valence-electron chi connectivity index (χ0n) is 12.2. The molecular formula is C12H21N5O3S. The second-order valence-electron chi connectivity index (χ2n) is 5.28. The molecular weight excluding hydrogens is 294 g/mol. The molecule has 1 aliphatic heterocycles. The summed E-state index contributed by atoms with van der Waals surface area (Å²) in [6.45, 7) is 2.90. The van der Waals surface area contributed by atoms with Gasteiger partial charge in [-0.3, -0.25) is 9.48 Å². The third-order valence-corrected chi connectivity index (χ3v) is 5.04. The van der Waals surface area contributed by atoms with Crippen LogP contribution in [0.15, 0.2) is 11.1 Å². The molecule has 9 heteroatoms. The molecule has 118 valence electrons. The van der Waals surface area contributed by atoms with Gasteiger partial charge in [0.05, 0.1) is 6.04 Å². The van der Waals surface area contributed by atoms with Crippen molar-refractivity contribution < 1.29 is 13.2 Å². The molecule has 1 fully saturated rings. The summed E-state index contributed by atoms with van der Waals surface area (Å²) in [5, 5.41) is 3.80. The predicted molar refractivity (Wildman–Crippen MR) is 77.8 cm³/mol. The number of piperidine rings is 1. The normalized spacial score (nSPS) is 17.7. The molecule has 0 aliphatic carbocycles. The fourth-order valence-corrected chi connectivity index (χ4v) is 3.73. The van der Waals surface area contributed by atoms with Gasteiger partial charge in [0.1, 0.15) is 4.90 Å². The number of nitrogens with zero attached hydrogens (tertiary/aromatic N) is 3. The lowest BCUT2D eigenvalue weighted by Crippen LogP contribution is -2.48. The second-order valence-corrected chi connectivity index (χ2v) is 6.96. The molecule has 1 amide bonds. The van der Waals surface area contributed by atoms with Crippen molar-refractivity contribution in [1.29, 1.82) is 0 Å². The Bertz CT molecular complexity index is 619. The average molecular weight is 315 g/mol. The Morgan fingerprint density at radius 1 is 1.38 bits per heavy atom. The van der Waals surface area contributed by atoms with Crippen LogP contribution in [-0.2, 0) is 21.9 Å². The Hall–Kier alpha value is -1.61. The summed E-state index contributed by atoms with van der Waals surface area (Å²) in [5.74, 6) is -0.289. The van der Waals surface area contributed by atoms with Gasteiger partial charge in [0.2, 0.25) is 15.9 Å². The first-order valence-electron chi connectivity index (χ1n) is 6.91. The zero-order valence-corrected chi connectivity index (χ0v) is 13.1. The van der Waals surface area contributed by atoms with Crippen LogP contribution < -0.4 is 10.5 Å². The number of hydrogen-bond acceptors (Lipinski definition) is 5. The fourth-order valence-electron chi connectivity index (χ4n) is 2.43. The van der Waals surface area contributed by atoms with Crippen LogP contribution in [0.4, 0.5) is 5.82 Å². The molecule has 2 heterocycles. The van der Waals surface area contributed by atoms with Crippen LogP contribution in [0.5, 0.6) is 0 Å². The van der Waals surface area contributed by atoms with Crippen molar-refractivity contribution in [3.8, 4) is 0 Å². The molecule has 0 spiro atoms. The molecule has 21 heavy (non-hydrogen) atoms. The van der Waals surface area contributed by atoms with Crippen molar-refractivity contribution in [1.82, 2.24) is 19.4 Å². The van der Waals surface area contributed by atoms with E-state index < -0.39 is 16.1 Å². The van der Waals surface area contributed by atoms with Crippen LogP contribution in [0.1, 0.15) is 26.2 Å². The number of carbonyl (C=O) groups is 1. The summed E-state index contributed by atoms with van der Waals surface area (Å²) in [6, 6.07) is -0.826. The average Bonchev–Trinajstić information content (AvgIpc) is 2.78. The highest BCUT2D eigenvalue weighted by Crippen LogP contribution is 2.16. The number of anilines is 1. The summed E-state index contributed by atoms with van der Waals surface area (Å²) in [7, 11) is -2.28. The van der Waals surface area contributed by atoms with Gasteiger partial charge in [-0.25, -0.2) is 8.42 Å². The highest BCUT2D eigenvalue weighted by Gasteiger charge is 2.28. The summed E-state index contributed by atoms with van der Waals surface area (Å²) >= 11 is 0. The molecule has 1 aromatic rings. The van der Waals surface area contributed by atoms with Gasteiger partial charge in [0, 0.05) is 26.3 Å². The van der Waals surface area contributed by atoms with Crippen LogP contribution in [0.3, 0.4) is 0 Å². The molecule has 0 bridgehead atoms. The quantitative estimate of drug-likeness (QED) is 0.791. The van der Waals surface area contributed by atoms with Crippen molar-refractivity contribution in [2.24, 2.45) is 7.05 Å². The maximum absolute atomic E-state index is 12.2. The van der Waals surface area contributed by atoms with Gasteiger partial charge in [-0.05, 0) is 26.2 Å². The first-order chi connectivity index (χ1) is 9.81. The zero-order chi connectivity index (χ0) is 15.6. The largest absolute Gasteiger partial charge is 0.381 e. The second kappa shape index (κ2) is 6.02. The lowest BCUT2D eigenvalue weighted by Gasteiger charge is -2.29. The van der Waals surface area contributed by atoms with E-state index in [4.69, 9.17) is 5.73 Å². The van der Waals surface area contributed by atoms with E-state index in [9.17, 15) is 13.2 Å². The number of nitrogens with one attached hydrogen (secondary N) is 1. The number of rotatable bonds is 4. The van der Waals surface area contributed by atoms with Crippen molar-refractivity contribution in [2.75, 3.05) is 18.8 Å². The summed E-state index contributed by atoms with van der Waals surface area (Å²) in [4.78, 5) is 13.8. The Labute approximate surface area is 124 Å². The number of sulfonamides is 1. The third-order valence-electron chi connectivity index (χ3n) is 3.48. The molecule has 8 nitrogen and oxygen atoms in total. The fraction of sp³-hybridized carbons (Fsp3) is 0.667. The van der Waals surface area contributed by atoms with E-state index in [-0.39, 0.29) is 16.6 Å². The summed E-state index contributed by atoms with van der Waals surface area (Å²) < 4.78 is 28.2. The number of carbonyl (C=O) groups excluding carboxylic acids is 1. The van der Waals surface area contributed by atoms with Gasteiger partial charge in [-0.1, -0.05) is 0 Å². The van der Waals surface area contributed by atoms with E-state index in [1.165, 1.54) is 10.9 Å². The Kier molecular flexibility index (Phi) is 4.52. The molecule has 2 rings (SSSR count). The van der Waals surface area contributed by atoms with Gasteiger partial charge in [-0.2, -0.15) is 9.82 Å². The number of aromatic nitrogens is 2. The number of aryl methyl sites for hydroxylation is 1. The van der Waals surface area contributed by atoms with E-state index >= 15 is 0 Å². The lowest BCUT2D eigenvalue weighted by molar-refractivity contribution is -0.133. The van der Waals surface area contributed by atoms with Crippen LogP contribution in [0.2, 0.25) is 0 Å². The Morgan fingerprint density at radius 2 is 2.00 bits per heavy atom. The lowest BCUT2D eigenvalue weighted by atomic mass is 10.1. The van der Waals surface area contributed by atoms with Gasteiger partial charge in [-0.15, -0.1) is 0 Å². The van der Waals surface area contributed by atoms with Crippen LogP contribution in [0.25, 0.3) is 0 Å². The predicted octanol–water partition coefficient (Wildman–Crippen LogP) is -0.318. The molecule has 1 atom stereocenters. The number of likely N-dealkylation sites (tertiary alicyclic amines) is 1. The topological polar surface area (TPSA) is 110 Å². The van der Waals surface area contributed by atoms with Gasteiger partial charge in [0.25, 0.3) is 0 Å². The van der Waals surface area contributed by atoms with E-state index in [0.29, 0.717) is 13.1 Å². The minimum Gasteiger partial charge on any atom is -0.381 e. The number of nitrogen functional groups attached to an aromatic ring is 1. The molecule has 0 radical (unpaired) electrons. The highest BCUT2D eigenvalue weighted by atomic mass is 32.2. The summed E-state index contributed by atoms with van der Waals surface area (Å²) in [6.07, 6.45) is 4.34. The van der Waals surface area contributed by atoms with Crippen LogP contribution >= 0.6 is 0 Å². The molecule has 1 aromatic heterocycles. The highest BCUT2D eigenvalue weighted by molar-refractivity contribution is 7.89. The standard InChI is InChI=1S/C12H21N5O3S/c1-9(12(18)17-6-4-3-5-7-17)15-21(19,20)10-8-16(2)14-11(10)13/h8-9,15H,3-7H2,1-2H3,(H2,13,14). The van der Waals surface area contributed by atoms with Gasteiger partial charge >= 0.3 is 0 Å². The first-order valence-corrected chi connectivity index (χ1v) is 8.40. The van der Waals surface area contributed by atoms with E-state index in [0.717, 1.165) is 19.3 Å². The summed E-state index contributed by atoms with van der Waals surface area (Å²) in [5.41, 5.74) is 5.58. The molecule has 3 N–H and O–H groups in total. The van der Waals surface area contributed by atoms with Crippen molar-refractivity contribution in [2.45, 2.75) is 37.1 Å². The smallest absolute Gasteiger partial charge is 0.246 e. The number of hydrogen-bond donors (Lipinski definition) is 2. The first kappa shape index (κ1) is 15.8. The van der Waals surface area contributed by atoms with Crippen LogP contribution in [-0.4, -0.2) is 48.1 Å². The molecule has 0 saturated carbocycles. The molecule has 1 saturated heterocycles. The molecule has 1 unspecified atom stereocenters. The Morgan fingerprint density at radius 3 is 2.52 bits per heavy atom. The maximum atomic E-state index is 12.2. The van der Waals surface area contributed by atoms with Gasteiger partial charge < -0.3 is 10.6 Å². The Balaban J connectivity index is 2.09. The van der Waals surface area contributed by atoms with E-state index in [2.05, 4.69) is 9.82 Å². The van der Waals surface area contributed by atoms with Crippen molar-refractivity contribution in [3.05, 3.63) is 6.20 Å². The SMILES string of the molecule is CC(NS(=O)(=O)c1cn(C)nc1N)C(=O)N1CCCCC1. The van der Waals surface area contributed by atoms with E-state index in [1.807, 2.05) is 0 Å². The molecule has 0 aromatic carbocycles. The minimum atomic E-state index is -3.86. The third kappa shape index (κ3) is 3.53.